The molecule has 24 heavy (non-hydrogen) atoms. The molecule has 1 aromatic heterocycles. The third-order valence-electron chi connectivity index (χ3n) is 3.86. The van der Waals surface area contributed by atoms with Crippen molar-refractivity contribution in [1.82, 2.24) is 25.5 Å². The Labute approximate surface area is 142 Å². The SMILES string of the molecule is CC(CCO)CNC(=O)C(C(C)C)n1nnc(-c2ccccc2)n1. The van der Waals surface area contributed by atoms with Crippen LogP contribution in [-0.2, 0) is 4.79 Å². The van der Waals surface area contributed by atoms with E-state index >= 15 is 0 Å². The van der Waals surface area contributed by atoms with E-state index in [1.54, 1.807) is 0 Å². The fraction of sp³-hybridized carbons (Fsp3) is 0.529. The second-order valence-corrected chi connectivity index (χ2v) is 6.35. The van der Waals surface area contributed by atoms with Crippen molar-refractivity contribution in [1.29, 1.82) is 0 Å². The number of carbonyl (C=O) groups excluding carboxylic acids is 1. The second kappa shape index (κ2) is 8.54. The van der Waals surface area contributed by atoms with E-state index in [4.69, 9.17) is 5.11 Å². The average Bonchev–Trinajstić information content (AvgIpc) is 3.03. The number of aromatic nitrogens is 4. The van der Waals surface area contributed by atoms with Crippen LogP contribution in [0, 0.1) is 11.8 Å². The van der Waals surface area contributed by atoms with E-state index in [1.807, 2.05) is 51.1 Å². The number of carbonyl (C=O) groups is 1. The van der Waals surface area contributed by atoms with Gasteiger partial charge in [-0.05, 0) is 23.5 Å². The molecule has 0 spiro atoms. The molecule has 0 aliphatic heterocycles. The highest BCUT2D eigenvalue weighted by molar-refractivity contribution is 5.80. The van der Waals surface area contributed by atoms with Crippen molar-refractivity contribution >= 4 is 5.91 Å². The summed E-state index contributed by atoms with van der Waals surface area (Å²) >= 11 is 0. The number of nitrogens with zero attached hydrogens (tertiary/aromatic N) is 4. The minimum absolute atomic E-state index is 0.0240. The van der Waals surface area contributed by atoms with Gasteiger partial charge in [-0.3, -0.25) is 4.79 Å². The lowest BCUT2D eigenvalue weighted by molar-refractivity contribution is -0.126. The van der Waals surface area contributed by atoms with E-state index in [1.165, 1.54) is 4.80 Å². The van der Waals surface area contributed by atoms with Crippen LogP contribution in [-0.4, -0.2) is 44.4 Å². The highest BCUT2D eigenvalue weighted by Gasteiger charge is 2.27. The molecule has 2 N–H and O–H groups in total. The van der Waals surface area contributed by atoms with Crippen LogP contribution >= 0.6 is 0 Å². The molecule has 0 aliphatic rings. The summed E-state index contributed by atoms with van der Waals surface area (Å²) in [5.74, 6) is 0.612. The molecule has 2 rings (SSSR count). The summed E-state index contributed by atoms with van der Waals surface area (Å²) in [6.45, 7) is 6.53. The predicted molar refractivity (Wildman–Crippen MR) is 91.0 cm³/mol. The Hall–Kier alpha value is -2.28. The van der Waals surface area contributed by atoms with Crippen LogP contribution in [0.1, 0.15) is 33.2 Å². The highest BCUT2D eigenvalue weighted by Crippen LogP contribution is 2.18. The molecule has 130 valence electrons. The molecule has 7 heteroatoms. The Balaban J connectivity index is 2.10. The number of rotatable bonds is 8. The number of tetrazole rings is 1. The normalized spacial score (nSPS) is 13.7. The molecule has 0 saturated heterocycles. The Morgan fingerprint density at radius 3 is 2.58 bits per heavy atom. The van der Waals surface area contributed by atoms with Gasteiger partial charge in [-0.1, -0.05) is 51.1 Å². The lowest BCUT2D eigenvalue weighted by atomic mass is 10.0. The lowest BCUT2D eigenvalue weighted by Crippen LogP contribution is -2.38. The monoisotopic (exact) mass is 331 g/mol. The molecule has 0 saturated carbocycles. The fourth-order valence-electron chi connectivity index (χ4n) is 2.42. The van der Waals surface area contributed by atoms with E-state index in [0.29, 0.717) is 18.8 Å². The Bertz CT molecular complexity index is 641. The highest BCUT2D eigenvalue weighted by atomic mass is 16.3. The molecule has 1 amide bonds. The van der Waals surface area contributed by atoms with Gasteiger partial charge in [0.25, 0.3) is 0 Å². The smallest absolute Gasteiger partial charge is 0.247 e. The van der Waals surface area contributed by atoms with Crippen LogP contribution in [0.2, 0.25) is 0 Å². The van der Waals surface area contributed by atoms with E-state index < -0.39 is 6.04 Å². The van der Waals surface area contributed by atoms with E-state index in [9.17, 15) is 4.79 Å². The quantitative estimate of drug-likeness (QED) is 0.767. The van der Waals surface area contributed by atoms with Gasteiger partial charge in [-0.2, -0.15) is 4.80 Å². The van der Waals surface area contributed by atoms with Crippen LogP contribution in [0.15, 0.2) is 30.3 Å². The Morgan fingerprint density at radius 2 is 1.96 bits per heavy atom. The number of aliphatic hydroxyl groups is 1. The van der Waals surface area contributed by atoms with Gasteiger partial charge in [0.05, 0.1) is 0 Å². The van der Waals surface area contributed by atoms with Gasteiger partial charge >= 0.3 is 0 Å². The van der Waals surface area contributed by atoms with Crippen molar-refractivity contribution in [2.24, 2.45) is 11.8 Å². The van der Waals surface area contributed by atoms with Crippen LogP contribution in [0.4, 0.5) is 0 Å². The molecule has 2 aromatic rings. The maximum absolute atomic E-state index is 12.5. The first-order valence-corrected chi connectivity index (χ1v) is 8.26. The summed E-state index contributed by atoms with van der Waals surface area (Å²) in [5.41, 5.74) is 0.864. The lowest BCUT2D eigenvalue weighted by Gasteiger charge is -2.20. The number of nitrogens with one attached hydrogen (secondary N) is 1. The van der Waals surface area contributed by atoms with Gasteiger partial charge < -0.3 is 10.4 Å². The summed E-state index contributed by atoms with van der Waals surface area (Å²) in [7, 11) is 0. The summed E-state index contributed by atoms with van der Waals surface area (Å²) in [4.78, 5) is 13.9. The predicted octanol–water partition coefficient (Wildman–Crippen LogP) is 1.67. The van der Waals surface area contributed by atoms with Crippen LogP contribution < -0.4 is 5.32 Å². The molecular formula is C17H25N5O2. The molecular weight excluding hydrogens is 306 g/mol. The molecule has 1 heterocycles. The van der Waals surface area contributed by atoms with E-state index in [0.717, 1.165) is 5.56 Å². The molecule has 2 atom stereocenters. The fourth-order valence-corrected chi connectivity index (χ4v) is 2.42. The number of aliphatic hydroxyl groups excluding tert-OH is 1. The van der Waals surface area contributed by atoms with Crippen molar-refractivity contribution < 1.29 is 9.90 Å². The zero-order chi connectivity index (χ0) is 17.5. The number of hydrogen-bond acceptors (Lipinski definition) is 5. The van der Waals surface area contributed by atoms with Crippen molar-refractivity contribution in [3.05, 3.63) is 30.3 Å². The topological polar surface area (TPSA) is 92.9 Å². The largest absolute Gasteiger partial charge is 0.396 e. The molecule has 0 aliphatic carbocycles. The third kappa shape index (κ3) is 4.61. The number of amides is 1. The maximum Gasteiger partial charge on any atom is 0.247 e. The van der Waals surface area contributed by atoms with E-state index in [-0.39, 0.29) is 24.3 Å². The van der Waals surface area contributed by atoms with Crippen LogP contribution in [0.5, 0.6) is 0 Å². The summed E-state index contributed by atoms with van der Waals surface area (Å²) < 4.78 is 0. The summed E-state index contributed by atoms with van der Waals surface area (Å²) in [6.07, 6.45) is 0.659. The Morgan fingerprint density at radius 1 is 1.25 bits per heavy atom. The first kappa shape index (κ1) is 18.1. The van der Waals surface area contributed by atoms with Crippen LogP contribution in [0.25, 0.3) is 11.4 Å². The van der Waals surface area contributed by atoms with Gasteiger partial charge in [0.15, 0.2) is 6.04 Å². The first-order chi connectivity index (χ1) is 11.5. The van der Waals surface area contributed by atoms with Gasteiger partial charge in [0.1, 0.15) is 0 Å². The molecule has 0 radical (unpaired) electrons. The molecule has 2 unspecified atom stereocenters. The molecule has 7 nitrogen and oxygen atoms in total. The number of benzene rings is 1. The summed E-state index contributed by atoms with van der Waals surface area (Å²) in [6, 6.07) is 9.03. The third-order valence-corrected chi connectivity index (χ3v) is 3.86. The minimum Gasteiger partial charge on any atom is -0.396 e. The second-order valence-electron chi connectivity index (χ2n) is 6.35. The zero-order valence-corrected chi connectivity index (χ0v) is 14.4. The van der Waals surface area contributed by atoms with Gasteiger partial charge in [-0.25, -0.2) is 0 Å². The maximum atomic E-state index is 12.5. The first-order valence-electron chi connectivity index (χ1n) is 8.26. The van der Waals surface area contributed by atoms with Crippen LogP contribution in [0.3, 0.4) is 0 Å². The number of hydrogen-bond donors (Lipinski definition) is 2. The van der Waals surface area contributed by atoms with Gasteiger partial charge in [0.2, 0.25) is 11.7 Å². The Kier molecular flexibility index (Phi) is 6.43. The standard InChI is InChI=1S/C17H25N5O2/c1-12(2)15(17(24)18-11-13(3)9-10-23)22-20-16(19-21-22)14-7-5-4-6-8-14/h4-8,12-13,15,23H,9-11H2,1-3H3,(H,18,24). The zero-order valence-electron chi connectivity index (χ0n) is 14.4. The van der Waals surface area contributed by atoms with Crippen molar-refractivity contribution in [3.63, 3.8) is 0 Å². The van der Waals surface area contributed by atoms with Gasteiger partial charge in [-0.15, -0.1) is 10.2 Å². The van der Waals surface area contributed by atoms with Crippen molar-refractivity contribution in [3.8, 4) is 11.4 Å². The summed E-state index contributed by atoms with van der Waals surface area (Å²) in [5, 5.41) is 24.4. The molecule has 0 fully saturated rings. The van der Waals surface area contributed by atoms with Gasteiger partial charge in [0, 0.05) is 18.7 Å². The molecule has 0 bridgehead atoms. The molecule has 1 aromatic carbocycles. The van der Waals surface area contributed by atoms with Crippen molar-refractivity contribution in [2.45, 2.75) is 33.2 Å². The minimum atomic E-state index is -0.517. The van der Waals surface area contributed by atoms with Crippen molar-refractivity contribution in [2.75, 3.05) is 13.2 Å². The average molecular weight is 331 g/mol. The van der Waals surface area contributed by atoms with E-state index in [2.05, 4.69) is 20.7 Å².